The quantitative estimate of drug-likeness (QED) is 0.830. The molecule has 128 valence electrons. The van der Waals surface area contributed by atoms with Gasteiger partial charge in [0.15, 0.2) is 11.3 Å². The second kappa shape index (κ2) is 5.73. The van der Waals surface area contributed by atoms with Gasteiger partial charge in [-0.25, -0.2) is 0 Å². The Balaban J connectivity index is 2.12. The van der Waals surface area contributed by atoms with E-state index in [0.29, 0.717) is 22.4 Å². The third-order valence-corrected chi connectivity index (χ3v) is 5.03. The summed E-state index contributed by atoms with van der Waals surface area (Å²) in [5.41, 5.74) is 0.198. The normalized spacial score (nSPS) is 25.4. The Morgan fingerprint density at radius 3 is 2.79 bits per heavy atom. The van der Waals surface area contributed by atoms with Crippen molar-refractivity contribution in [3.8, 4) is 11.5 Å². The molecule has 1 N–H and O–H groups in total. The Morgan fingerprint density at radius 1 is 1.29 bits per heavy atom. The number of methoxy groups -OCH3 is 2. The SMILES string of the molecule is COc1c(Br)cc(OC)c2c(=O)c3c(oc12)[C@H](O)C[C@H]1OCO[C@@H]31. The summed E-state index contributed by atoms with van der Waals surface area (Å²) in [5.74, 6) is 0.908. The maximum Gasteiger partial charge on any atom is 0.202 e. The van der Waals surface area contributed by atoms with Crippen molar-refractivity contribution in [1.29, 1.82) is 0 Å². The van der Waals surface area contributed by atoms with Crippen LogP contribution in [0.2, 0.25) is 0 Å². The van der Waals surface area contributed by atoms with Gasteiger partial charge in [0.1, 0.15) is 35.9 Å². The fourth-order valence-corrected chi connectivity index (χ4v) is 3.91. The predicted octanol–water partition coefficient (Wildman–Crippen LogP) is 2.42. The van der Waals surface area contributed by atoms with Gasteiger partial charge in [0.2, 0.25) is 5.43 Å². The second-order valence-electron chi connectivity index (χ2n) is 5.67. The predicted molar refractivity (Wildman–Crippen MR) is 86.4 cm³/mol. The molecule has 8 heteroatoms. The molecule has 7 nitrogen and oxygen atoms in total. The van der Waals surface area contributed by atoms with Gasteiger partial charge in [-0.15, -0.1) is 0 Å². The molecule has 0 saturated carbocycles. The lowest BCUT2D eigenvalue weighted by Crippen LogP contribution is -2.31. The molecule has 1 aromatic heterocycles. The van der Waals surface area contributed by atoms with Crippen molar-refractivity contribution in [1.82, 2.24) is 0 Å². The number of aliphatic hydroxyl groups is 1. The molecule has 1 aliphatic carbocycles. The number of fused-ring (bicyclic) bond motifs is 4. The van der Waals surface area contributed by atoms with E-state index in [9.17, 15) is 9.90 Å². The summed E-state index contributed by atoms with van der Waals surface area (Å²) in [4.78, 5) is 13.2. The van der Waals surface area contributed by atoms with Crippen molar-refractivity contribution in [2.75, 3.05) is 21.0 Å². The van der Waals surface area contributed by atoms with Crippen LogP contribution in [0.1, 0.15) is 30.0 Å². The number of hydrogen-bond acceptors (Lipinski definition) is 7. The van der Waals surface area contributed by atoms with E-state index in [-0.39, 0.29) is 40.6 Å². The zero-order valence-corrected chi connectivity index (χ0v) is 14.6. The molecule has 0 unspecified atom stereocenters. The molecule has 2 aliphatic rings. The molecule has 0 amide bonds. The van der Waals surface area contributed by atoms with Crippen molar-refractivity contribution in [3.63, 3.8) is 0 Å². The molecule has 0 radical (unpaired) electrons. The summed E-state index contributed by atoms with van der Waals surface area (Å²) in [6.07, 6.45) is -1.56. The molecular weight excluding hydrogens is 384 g/mol. The Labute approximate surface area is 145 Å². The number of aliphatic hydroxyl groups excluding tert-OH is 1. The van der Waals surface area contributed by atoms with Gasteiger partial charge in [0.05, 0.1) is 30.4 Å². The van der Waals surface area contributed by atoms with Crippen molar-refractivity contribution < 1.29 is 28.5 Å². The number of ether oxygens (including phenoxy) is 4. The number of hydrogen-bond donors (Lipinski definition) is 1. The lowest BCUT2D eigenvalue weighted by Gasteiger charge is -2.28. The van der Waals surface area contributed by atoms with E-state index in [2.05, 4.69) is 15.9 Å². The van der Waals surface area contributed by atoms with Gasteiger partial charge in [0.25, 0.3) is 0 Å². The highest BCUT2D eigenvalue weighted by atomic mass is 79.9. The lowest BCUT2D eigenvalue weighted by atomic mass is 9.88. The first-order valence-corrected chi connectivity index (χ1v) is 8.18. The van der Waals surface area contributed by atoms with Gasteiger partial charge in [0, 0.05) is 6.42 Å². The average Bonchev–Trinajstić information content (AvgIpc) is 3.02. The maximum atomic E-state index is 13.2. The van der Waals surface area contributed by atoms with E-state index >= 15 is 0 Å². The first-order chi connectivity index (χ1) is 11.6. The average molecular weight is 399 g/mol. The monoisotopic (exact) mass is 398 g/mol. The minimum Gasteiger partial charge on any atom is -0.496 e. The van der Waals surface area contributed by atoms with Crippen LogP contribution in [0, 0.1) is 0 Å². The van der Waals surface area contributed by atoms with Gasteiger partial charge in [-0.1, -0.05) is 0 Å². The second-order valence-corrected chi connectivity index (χ2v) is 6.52. The summed E-state index contributed by atoms with van der Waals surface area (Å²) in [7, 11) is 2.95. The zero-order valence-electron chi connectivity index (χ0n) is 13.0. The van der Waals surface area contributed by atoms with E-state index in [1.807, 2.05) is 0 Å². The molecule has 1 aromatic carbocycles. The standard InChI is InChI=1S/C16H15BrO7/c1-20-8-3-6(17)13(21-2)16-10(8)12(19)11-14(24-16)7(18)4-9-15(11)23-5-22-9/h3,7,9,15,18H,4-5H2,1-2H3/t7-,9-,15-/m1/s1. The van der Waals surface area contributed by atoms with Crippen LogP contribution in [0.4, 0.5) is 0 Å². The highest BCUT2D eigenvalue weighted by molar-refractivity contribution is 9.10. The molecular formula is C16H15BrO7. The van der Waals surface area contributed by atoms with Crippen molar-refractivity contribution in [2.24, 2.45) is 0 Å². The van der Waals surface area contributed by atoms with E-state index < -0.39 is 12.2 Å². The number of rotatable bonds is 2. The third kappa shape index (κ3) is 2.10. The van der Waals surface area contributed by atoms with Gasteiger partial charge in [-0.2, -0.15) is 0 Å². The van der Waals surface area contributed by atoms with Crippen LogP contribution in [-0.2, 0) is 9.47 Å². The summed E-state index contributed by atoms with van der Waals surface area (Å²) >= 11 is 3.38. The fraction of sp³-hybridized carbons (Fsp3) is 0.438. The van der Waals surface area contributed by atoms with E-state index in [1.165, 1.54) is 14.2 Å². The van der Waals surface area contributed by atoms with E-state index in [4.69, 9.17) is 23.4 Å². The van der Waals surface area contributed by atoms with Crippen molar-refractivity contribution >= 4 is 26.9 Å². The van der Waals surface area contributed by atoms with Gasteiger partial charge in [-0.05, 0) is 22.0 Å². The molecule has 4 rings (SSSR count). The van der Waals surface area contributed by atoms with Crippen LogP contribution in [-0.4, -0.2) is 32.2 Å². The molecule has 24 heavy (non-hydrogen) atoms. The molecule has 0 spiro atoms. The van der Waals surface area contributed by atoms with Crippen molar-refractivity contribution in [2.45, 2.75) is 24.7 Å². The molecule has 2 aromatic rings. The van der Waals surface area contributed by atoms with Gasteiger partial charge >= 0.3 is 0 Å². The topological polar surface area (TPSA) is 87.4 Å². The lowest BCUT2D eigenvalue weighted by molar-refractivity contribution is 0.0231. The molecule has 1 fully saturated rings. The van der Waals surface area contributed by atoms with E-state index in [1.54, 1.807) is 6.07 Å². The molecule has 0 bridgehead atoms. The first kappa shape index (κ1) is 15.9. The Kier molecular flexibility index (Phi) is 3.80. The largest absolute Gasteiger partial charge is 0.496 e. The smallest absolute Gasteiger partial charge is 0.202 e. The minimum atomic E-state index is -0.949. The van der Waals surface area contributed by atoms with Crippen LogP contribution < -0.4 is 14.9 Å². The summed E-state index contributed by atoms with van der Waals surface area (Å²) in [5, 5.41) is 10.6. The first-order valence-electron chi connectivity index (χ1n) is 7.39. The highest BCUT2D eigenvalue weighted by Crippen LogP contribution is 2.45. The van der Waals surface area contributed by atoms with Gasteiger partial charge in [-0.3, -0.25) is 4.79 Å². The maximum absolute atomic E-state index is 13.2. The molecule has 1 aliphatic heterocycles. The highest BCUT2D eigenvalue weighted by Gasteiger charge is 2.43. The summed E-state index contributed by atoms with van der Waals surface area (Å²) < 4.78 is 28.2. The minimum absolute atomic E-state index is 0.0831. The Morgan fingerprint density at radius 2 is 2.08 bits per heavy atom. The number of benzene rings is 1. The van der Waals surface area contributed by atoms with Crippen LogP contribution in [0.5, 0.6) is 11.5 Å². The summed E-state index contributed by atoms with van der Waals surface area (Å²) in [6, 6.07) is 1.65. The van der Waals surface area contributed by atoms with Gasteiger partial charge < -0.3 is 28.5 Å². The van der Waals surface area contributed by atoms with E-state index in [0.717, 1.165) is 0 Å². The van der Waals surface area contributed by atoms with Crippen LogP contribution in [0.3, 0.4) is 0 Å². The Hall–Kier alpha value is -1.61. The summed E-state index contributed by atoms with van der Waals surface area (Å²) in [6.45, 7) is 0.0831. The van der Waals surface area contributed by atoms with Crippen LogP contribution >= 0.6 is 15.9 Å². The van der Waals surface area contributed by atoms with Crippen LogP contribution in [0.25, 0.3) is 11.0 Å². The van der Waals surface area contributed by atoms with Crippen LogP contribution in [0.15, 0.2) is 19.8 Å². The zero-order chi connectivity index (χ0) is 17.0. The van der Waals surface area contributed by atoms with Crippen molar-refractivity contribution in [3.05, 3.63) is 32.1 Å². The molecule has 2 heterocycles. The fourth-order valence-electron chi connectivity index (χ4n) is 3.36. The Bertz CT molecular complexity index is 875. The number of halogens is 1. The molecule has 3 atom stereocenters. The third-order valence-electron chi connectivity index (χ3n) is 4.44. The molecule has 1 saturated heterocycles.